The Balaban J connectivity index is 1.64. The number of carbonyl (C=O) groups excluding carboxylic acids is 1. The van der Waals surface area contributed by atoms with Gasteiger partial charge in [0.1, 0.15) is 11.5 Å². The fraction of sp³-hybridized carbons (Fsp3) is 0.357. The lowest BCUT2D eigenvalue weighted by molar-refractivity contribution is 0.0737. The van der Waals surface area contributed by atoms with Crippen LogP contribution in [-0.4, -0.2) is 51.5 Å². The van der Waals surface area contributed by atoms with Crippen LogP contribution >= 0.6 is 11.6 Å². The summed E-state index contributed by atoms with van der Waals surface area (Å²) in [6.07, 6.45) is 4.89. The van der Waals surface area contributed by atoms with Gasteiger partial charge < -0.3 is 14.4 Å². The summed E-state index contributed by atoms with van der Waals surface area (Å²) in [5.41, 5.74) is 0.619. The van der Waals surface area contributed by atoms with Crippen molar-refractivity contribution in [3.05, 3.63) is 41.6 Å². The quantitative estimate of drug-likeness (QED) is 0.842. The van der Waals surface area contributed by atoms with Crippen molar-refractivity contribution in [1.29, 1.82) is 0 Å². The number of hydrogen-bond donors (Lipinski definition) is 0. The third-order valence-electron chi connectivity index (χ3n) is 3.64. The number of anilines is 1. The first-order chi connectivity index (χ1) is 10.1. The van der Waals surface area contributed by atoms with Crippen LogP contribution < -0.4 is 4.90 Å². The van der Waals surface area contributed by atoms with Crippen LogP contribution in [-0.2, 0) is 7.05 Å². The molecule has 1 fully saturated rings. The lowest BCUT2D eigenvalue weighted by Gasteiger charge is -2.35. The van der Waals surface area contributed by atoms with E-state index >= 15 is 0 Å². The summed E-state index contributed by atoms with van der Waals surface area (Å²) >= 11 is 5.85. The molecule has 7 heteroatoms. The summed E-state index contributed by atoms with van der Waals surface area (Å²) < 4.78 is 1.75. The van der Waals surface area contributed by atoms with Crippen LogP contribution in [0.2, 0.25) is 5.02 Å². The smallest absolute Gasteiger partial charge is 0.272 e. The number of hydrogen-bond acceptors (Lipinski definition) is 4. The van der Waals surface area contributed by atoms with Crippen LogP contribution in [0.25, 0.3) is 0 Å². The zero-order chi connectivity index (χ0) is 14.8. The molecule has 21 heavy (non-hydrogen) atoms. The fourth-order valence-electron chi connectivity index (χ4n) is 2.42. The van der Waals surface area contributed by atoms with Gasteiger partial charge in [-0.1, -0.05) is 11.6 Å². The monoisotopic (exact) mass is 305 g/mol. The van der Waals surface area contributed by atoms with Gasteiger partial charge in [0.15, 0.2) is 0 Å². The molecule has 1 aliphatic heterocycles. The molecule has 2 aromatic rings. The van der Waals surface area contributed by atoms with Crippen LogP contribution in [0.1, 0.15) is 10.5 Å². The van der Waals surface area contributed by atoms with Gasteiger partial charge in [-0.05, 0) is 12.1 Å². The molecule has 1 amide bonds. The van der Waals surface area contributed by atoms with Gasteiger partial charge >= 0.3 is 0 Å². The highest BCUT2D eigenvalue weighted by atomic mass is 35.5. The summed E-state index contributed by atoms with van der Waals surface area (Å²) in [6.45, 7) is 2.87. The second kappa shape index (κ2) is 5.73. The number of pyridine rings is 1. The average Bonchev–Trinajstić information content (AvgIpc) is 2.94. The Morgan fingerprint density at radius 1 is 1.19 bits per heavy atom. The first kappa shape index (κ1) is 13.9. The molecular formula is C14H16ClN5O. The first-order valence-electron chi connectivity index (χ1n) is 6.77. The SMILES string of the molecule is Cn1cncc1C(=O)N1CCN(c2ccc(Cl)cn2)CC1. The predicted molar refractivity (Wildman–Crippen MR) is 80.6 cm³/mol. The second-order valence-corrected chi connectivity index (χ2v) is 5.44. The molecule has 1 aliphatic rings. The minimum absolute atomic E-state index is 0.0266. The minimum Gasteiger partial charge on any atom is -0.353 e. The third kappa shape index (κ3) is 2.85. The lowest BCUT2D eigenvalue weighted by atomic mass is 10.2. The van der Waals surface area contributed by atoms with Crippen molar-refractivity contribution in [3.8, 4) is 0 Å². The molecule has 3 heterocycles. The van der Waals surface area contributed by atoms with Gasteiger partial charge in [0.25, 0.3) is 5.91 Å². The van der Waals surface area contributed by atoms with E-state index in [9.17, 15) is 4.79 Å². The molecule has 0 bridgehead atoms. The Morgan fingerprint density at radius 2 is 1.95 bits per heavy atom. The fourth-order valence-corrected chi connectivity index (χ4v) is 2.53. The van der Waals surface area contributed by atoms with Crippen molar-refractivity contribution in [2.45, 2.75) is 0 Å². The van der Waals surface area contributed by atoms with E-state index < -0.39 is 0 Å². The summed E-state index contributed by atoms with van der Waals surface area (Å²) in [5, 5.41) is 0.628. The van der Waals surface area contributed by atoms with Crippen molar-refractivity contribution >= 4 is 23.3 Å². The highest BCUT2D eigenvalue weighted by Gasteiger charge is 2.24. The highest BCUT2D eigenvalue weighted by Crippen LogP contribution is 2.17. The van der Waals surface area contributed by atoms with E-state index in [0.717, 1.165) is 18.9 Å². The van der Waals surface area contributed by atoms with Gasteiger partial charge in [-0.2, -0.15) is 0 Å². The van der Waals surface area contributed by atoms with Gasteiger partial charge in [-0.3, -0.25) is 4.79 Å². The van der Waals surface area contributed by atoms with Gasteiger partial charge in [0.2, 0.25) is 0 Å². The normalized spacial score (nSPS) is 15.3. The number of carbonyl (C=O) groups is 1. The Bertz CT molecular complexity index is 631. The zero-order valence-corrected chi connectivity index (χ0v) is 12.5. The molecule has 0 spiro atoms. The second-order valence-electron chi connectivity index (χ2n) is 5.00. The minimum atomic E-state index is 0.0266. The third-order valence-corrected chi connectivity index (χ3v) is 3.86. The van der Waals surface area contributed by atoms with Crippen molar-refractivity contribution in [2.24, 2.45) is 7.05 Å². The molecule has 0 atom stereocenters. The molecule has 6 nitrogen and oxygen atoms in total. The van der Waals surface area contributed by atoms with Gasteiger partial charge in [-0.15, -0.1) is 0 Å². The molecule has 0 aliphatic carbocycles. The number of nitrogens with zero attached hydrogens (tertiary/aromatic N) is 5. The number of aromatic nitrogens is 3. The molecule has 0 saturated carbocycles. The van der Waals surface area contributed by atoms with Crippen LogP contribution in [0.5, 0.6) is 0 Å². The topological polar surface area (TPSA) is 54.3 Å². The Kier molecular flexibility index (Phi) is 3.79. The van der Waals surface area contributed by atoms with Gasteiger partial charge in [-0.25, -0.2) is 9.97 Å². The van der Waals surface area contributed by atoms with Crippen molar-refractivity contribution < 1.29 is 4.79 Å². The first-order valence-corrected chi connectivity index (χ1v) is 7.15. The van der Waals surface area contributed by atoms with E-state index in [1.165, 1.54) is 0 Å². The maximum Gasteiger partial charge on any atom is 0.272 e. The summed E-state index contributed by atoms with van der Waals surface area (Å²) in [7, 11) is 1.83. The number of halogens is 1. The summed E-state index contributed by atoms with van der Waals surface area (Å²) in [6, 6.07) is 3.73. The molecule has 0 aromatic carbocycles. The zero-order valence-electron chi connectivity index (χ0n) is 11.7. The molecule has 0 N–H and O–H groups in total. The number of aryl methyl sites for hydroxylation is 1. The number of rotatable bonds is 2. The van der Waals surface area contributed by atoms with E-state index in [-0.39, 0.29) is 5.91 Å². The number of piperazine rings is 1. The van der Waals surface area contributed by atoms with Crippen LogP contribution in [0.3, 0.4) is 0 Å². The molecule has 2 aromatic heterocycles. The standard InChI is InChI=1S/C14H16ClN5O/c1-18-10-16-9-12(18)14(21)20-6-4-19(5-7-20)13-3-2-11(15)8-17-13/h2-3,8-10H,4-7H2,1H3. The molecule has 110 valence electrons. The van der Waals surface area contributed by atoms with E-state index in [1.807, 2.05) is 24.1 Å². The van der Waals surface area contributed by atoms with E-state index in [4.69, 9.17) is 11.6 Å². The van der Waals surface area contributed by atoms with Crippen molar-refractivity contribution in [3.63, 3.8) is 0 Å². The maximum atomic E-state index is 12.4. The molecule has 0 unspecified atom stereocenters. The van der Waals surface area contributed by atoms with Crippen molar-refractivity contribution in [1.82, 2.24) is 19.4 Å². The Labute approximate surface area is 128 Å². The predicted octanol–water partition coefficient (Wildman–Crippen LogP) is 1.43. The molecule has 3 rings (SSSR count). The Hall–Kier alpha value is -2.08. The highest BCUT2D eigenvalue weighted by molar-refractivity contribution is 6.30. The van der Waals surface area contributed by atoms with E-state index in [1.54, 1.807) is 23.3 Å². The van der Waals surface area contributed by atoms with Crippen LogP contribution in [0.15, 0.2) is 30.9 Å². The summed E-state index contributed by atoms with van der Waals surface area (Å²) in [4.78, 5) is 24.7. The van der Waals surface area contributed by atoms with Crippen LogP contribution in [0.4, 0.5) is 5.82 Å². The number of amides is 1. The van der Waals surface area contributed by atoms with Gasteiger partial charge in [0, 0.05) is 39.4 Å². The maximum absolute atomic E-state index is 12.4. The summed E-state index contributed by atoms with van der Waals surface area (Å²) in [5.74, 6) is 0.922. The van der Waals surface area contributed by atoms with Crippen molar-refractivity contribution in [2.75, 3.05) is 31.1 Å². The Morgan fingerprint density at radius 3 is 2.52 bits per heavy atom. The van der Waals surface area contributed by atoms with E-state index in [2.05, 4.69) is 14.9 Å². The molecular weight excluding hydrogens is 290 g/mol. The molecule has 0 radical (unpaired) electrons. The molecule has 1 saturated heterocycles. The average molecular weight is 306 g/mol. The number of imidazole rings is 1. The largest absolute Gasteiger partial charge is 0.353 e. The van der Waals surface area contributed by atoms with Gasteiger partial charge in [0.05, 0.1) is 17.5 Å². The van der Waals surface area contributed by atoms with Crippen LogP contribution in [0, 0.1) is 0 Å². The lowest BCUT2D eigenvalue weighted by Crippen LogP contribution is -2.49. The van der Waals surface area contributed by atoms with E-state index in [0.29, 0.717) is 23.8 Å².